The molecule has 0 bridgehead atoms. The number of benzene rings is 2. The number of anilines is 3. The van der Waals surface area contributed by atoms with Crippen molar-refractivity contribution in [3.63, 3.8) is 0 Å². The number of amides is 2. The summed E-state index contributed by atoms with van der Waals surface area (Å²) in [6.07, 6.45) is 5.09. The van der Waals surface area contributed by atoms with E-state index in [0.29, 0.717) is 5.69 Å². The van der Waals surface area contributed by atoms with Crippen LogP contribution in [0.15, 0.2) is 48.5 Å². The largest absolute Gasteiger partial charge is 0.497 e. The van der Waals surface area contributed by atoms with Gasteiger partial charge in [0.25, 0.3) is 0 Å². The van der Waals surface area contributed by atoms with E-state index in [4.69, 9.17) is 4.74 Å². The van der Waals surface area contributed by atoms with Crippen molar-refractivity contribution in [1.29, 1.82) is 0 Å². The van der Waals surface area contributed by atoms with Gasteiger partial charge in [0.15, 0.2) is 0 Å². The number of nitrogens with zero attached hydrogens (tertiary/aromatic N) is 1. The number of hydrogen-bond donors (Lipinski definition) is 2. The van der Waals surface area contributed by atoms with Gasteiger partial charge in [-0.15, -0.1) is 11.8 Å². The first kappa shape index (κ1) is 22.0. The van der Waals surface area contributed by atoms with Crippen molar-refractivity contribution in [2.75, 3.05) is 47.2 Å². The smallest absolute Gasteiger partial charge is 0.234 e. The molecule has 0 unspecified atom stereocenters. The predicted octanol–water partition coefficient (Wildman–Crippen LogP) is 4.39. The Balaban J connectivity index is 1.38. The third-order valence-electron chi connectivity index (χ3n) is 4.96. The van der Waals surface area contributed by atoms with Crippen LogP contribution in [0.2, 0.25) is 0 Å². The van der Waals surface area contributed by atoms with Crippen LogP contribution in [0.25, 0.3) is 0 Å². The molecule has 0 radical (unpaired) electrons. The van der Waals surface area contributed by atoms with Gasteiger partial charge in [-0.1, -0.05) is 12.8 Å². The molecule has 1 aliphatic rings. The summed E-state index contributed by atoms with van der Waals surface area (Å²) >= 11 is 1.29. The standard InChI is InChI=1S/C23H29N3O3S/c1-29-21-12-8-19(9-13-21)25-23(28)17-30-16-22(27)24-18-6-10-20(11-7-18)26-14-4-2-3-5-15-26/h6-13H,2-5,14-17H2,1H3,(H,24,27)(H,25,28). The lowest BCUT2D eigenvalue weighted by molar-refractivity contribution is -0.114. The molecule has 2 N–H and O–H groups in total. The summed E-state index contributed by atoms with van der Waals surface area (Å²) < 4.78 is 5.09. The maximum Gasteiger partial charge on any atom is 0.234 e. The molecule has 2 amide bonds. The summed E-state index contributed by atoms with van der Waals surface area (Å²) in [6, 6.07) is 15.2. The van der Waals surface area contributed by atoms with E-state index in [1.165, 1.54) is 43.1 Å². The van der Waals surface area contributed by atoms with Gasteiger partial charge in [0, 0.05) is 30.2 Å². The average Bonchev–Trinajstić information content (AvgIpc) is 3.04. The number of thioether (sulfide) groups is 1. The van der Waals surface area contributed by atoms with Crippen molar-refractivity contribution in [2.45, 2.75) is 25.7 Å². The zero-order valence-electron chi connectivity index (χ0n) is 17.4. The molecule has 1 aliphatic heterocycles. The van der Waals surface area contributed by atoms with Crippen LogP contribution in [-0.2, 0) is 9.59 Å². The summed E-state index contributed by atoms with van der Waals surface area (Å²) in [4.78, 5) is 26.6. The molecule has 7 heteroatoms. The Morgan fingerprint density at radius 2 is 1.33 bits per heavy atom. The van der Waals surface area contributed by atoms with Crippen molar-refractivity contribution < 1.29 is 14.3 Å². The predicted molar refractivity (Wildman–Crippen MR) is 125 cm³/mol. The number of carbonyl (C=O) groups is 2. The third-order valence-corrected chi connectivity index (χ3v) is 5.89. The van der Waals surface area contributed by atoms with Crippen LogP contribution in [0.5, 0.6) is 5.75 Å². The molecule has 0 spiro atoms. The first-order chi connectivity index (χ1) is 14.6. The molecule has 0 aliphatic carbocycles. The Bertz CT molecular complexity index is 817. The average molecular weight is 428 g/mol. The van der Waals surface area contributed by atoms with E-state index in [2.05, 4.69) is 27.7 Å². The van der Waals surface area contributed by atoms with Crippen LogP contribution in [0, 0.1) is 0 Å². The normalized spacial score (nSPS) is 14.0. The highest BCUT2D eigenvalue weighted by Crippen LogP contribution is 2.22. The molecular formula is C23H29N3O3S. The Morgan fingerprint density at radius 3 is 1.83 bits per heavy atom. The first-order valence-corrected chi connectivity index (χ1v) is 11.5. The van der Waals surface area contributed by atoms with Gasteiger partial charge in [-0.05, 0) is 61.4 Å². The monoisotopic (exact) mass is 427 g/mol. The fraction of sp³-hybridized carbons (Fsp3) is 0.391. The van der Waals surface area contributed by atoms with E-state index in [0.717, 1.165) is 24.5 Å². The van der Waals surface area contributed by atoms with Crippen molar-refractivity contribution in [1.82, 2.24) is 0 Å². The Kier molecular flexibility index (Phi) is 8.44. The number of carbonyl (C=O) groups excluding carboxylic acids is 2. The summed E-state index contributed by atoms with van der Waals surface area (Å²) in [5.74, 6) is 0.926. The molecule has 0 saturated carbocycles. The van der Waals surface area contributed by atoms with Crippen LogP contribution in [0.3, 0.4) is 0 Å². The fourth-order valence-electron chi connectivity index (χ4n) is 3.39. The molecule has 30 heavy (non-hydrogen) atoms. The van der Waals surface area contributed by atoms with Crippen molar-refractivity contribution in [2.24, 2.45) is 0 Å². The van der Waals surface area contributed by atoms with Crippen LogP contribution in [0.4, 0.5) is 17.1 Å². The lowest BCUT2D eigenvalue weighted by Gasteiger charge is -2.22. The van der Waals surface area contributed by atoms with Gasteiger partial charge in [0.2, 0.25) is 11.8 Å². The van der Waals surface area contributed by atoms with E-state index >= 15 is 0 Å². The van der Waals surface area contributed by atoms with Gasteiger partial charge in [-0.2, -0.15) is 0 Å². The topological polar surface area (TPSA) is 70.7 Å². The number of nitrogens with one attached hydrogen (secondary N) is 2. The summed E-state index contributed by atoms with van der Waals surface area (Å²) in [6.45, 7) is 2.20. The van der Waals surface area contributed by atoms with Gasteiger partial charge in [0.05, 0.1) is 18.6 Å². The Hall–Kier alpha value is -2.67. The first-order valence-electron chi connectivity index (χ1n) is 10.3. The minimum atomic E-state index is -0.139. The zero-order chi connectivity index (χ0) is 21.2. The lowest BCUT2D eigenvalue weighted by Crippen LogP contribution is -2.23. The number of methoxy groups -OCH3 is 1. The SMILES string of the molecule is COc1ccc(NC(=O)CSCC(=O)Nc2ccc(N3CCCCCC3)cc2)cc1. The molecule has 6 nitrogen and oxygen atoms in total. The quantitative estimate of drug-likeness (QED) is 0.654. The van der Waals surface area contributed by atoms with Gasteiger partial charge < -0.3 is 20.3 Å². The molecule has 2 aromatic rings. The van der Waals surface area contributed by atoms with Gasteiger partial charge >= 0.3 is 0 Å². The van der Waals surface area contributed by atoms with Crippen LogP contribution in [-0.4, -0.2) is 43.5 Å². The lowest BCUT2D eigenvalue weighted by atomic mass is 10.2. The highest BCUT2D eigenvalue weighted by molar-refractivity contribution is 8.00. The number of hydrogen-bond acceptors (Lipinski definition) is 5. The Morgan fingerprint density at radius 1 is 0.833 bits per heavy atom. The molecular weight excluding hydrogens is 398 g/mol. The van der Waals surface area contributed by atoms with Gasteiger partial charge in [0.1, 0.15) is 5.75 Å². The van der Waals surface area contributed by atoms with Crippen LogP contribution >= 0.6 is 11.8 Å². The minimum absolute atomic E-state index is 0.111. The molecule has 1 saturated heterocycles. The molecule has 2 aromatic carbocycles. The molecule has 3 rings (SSSR count). The van der Waals surface area contributed by atoms with Crippen molar-refractivity contribution in [3.05, 3.63) is 48.5 Å². The van der Waals surface area contributed by atoms with Crippen LogP contribution < -0.4 is 20.3 Å². The number of ether oxygens (including phenoxy) is 1. The second-order valence-electron chi connectivity index (χ2n) is 7.27. The molecule has 1 fully saturated rings. The van der Waals surface area contributed by atoms with Gasteiger partial charge in [-0.3, -0.25) is 9.59 Å². The molecule has 160 valence electrons. The fourth-order valence-corrected chi connectivity index (χ4v) is 4.01. The highest BCUT2D eigenvalue weighted by Gasteiger charge is 2.11. The van der Waals surface area contributed by atoms with E-state index in [-0.39, 0.29) is 23.3 Å². The van der Waals surface area contributed by atoms with E-state index in [1.807, 2.05) is 12.1 Å². The van der Waals surface area contributed by atoms with Crippen molar-refractivity contribution in [3.8, 4) is 5.75 Å². The van der Waals surface area contributed by atoms with Gasteiger partial charge in [-0.25, -0.2) is 0 Å². The summed E-state index contributed by atoms with van der Waals surface area (Å²) in [7, 11) is 1.60. The highest BCUT2D eigenvalue weighted by atomic mass is 32.2. The molecule has 1 heterocycles. The zero-order valence-corrected chi connectivity index (χ0v) is 18.2. The van der Waals surface area contributed by atoms with Crippen LogP contribution in [0.1, 0.15) is 25.7 Å². The molecule has 0 atom stereocenters. The molecule has 0 aromatic heterocycles. The third kappa shape index (κ3) is 6.99. The maximum atomic E-state index is 12.2. The minimum Gasteiger partial charge on any atom is -0.497 e. The Labute approximate surface area is 182 Å². The second-order valence-corrected chi connectivity index (χ2v) is 8.25. The van der Waals surface area contributed by atoms with E-state index in [9.17, 15) is 9.59 Å². The summed E-state index contributed by atoms with van der Waals surface area (Å²) in [5.41, 5.74) is 2.69. The second kappa shape index (κ2) is 11.5. The van der Waals surface area contributed by atoms with Crippen molar-refractivity contribution >= 4 is 40.6 Å². The van der Waals surface area contributed by atoms with E-state index in [1.54, 1.807) is 31.4 Å². The van der Waals surface area contributed by atoms with E-state index < -0.39 is 0 Å². The number of rotatable bonds is 8. The summed E-state index contributed by atoms with van der Waals surface area (Å²) in [5, 5.41) is 5.70. The maximum absolute atomic E-state index is 12.2.